The maximum Gasteiger partial charge on any atom is 0.408 e. The van der Waals surface area contributed by atoms with Crippen molar-refractivity contribution in [3.63, 3.8) is 0 Å². The van der Waals surface area contributed by atoms with Crippen molar-refractivity contribution in [2.24, 2.45) is 11.8 Å². The van der Waals surface area contributed by atoms with Gasteiger partial charge in [-0.25, -0.2) is 4.79 Å². The van der Waals surface area contributed by atoms with Crippen molar-refractivity contribution in [2.45, 2.75) is 141 Å². The predicted molar refractivity (Wildman–Crippen MR) is 180 cm³/mol. The third kappa shape index (κ3) is 12.6. The minimum Gasteiger partial charge on any atom is -0.444 e. The van der Waals surface area contributed by atoms with Crippen molar-refractivity contribution in [1.82, 2.24) is 25.3 Å². The average Bonchev–Trinajstić information content (AvgIpc) is 3.81. The highest BCUT2D eigenvalue weighted by atomic mass is 16.6. The minimum atomic E-state index is -0.865. The molecule has 2 fully saturated rings. The Morgan fingerprint density at radius 1 is 1.04 bits per heavy atom. The quantitative estimate of drug-likeness (QED) is 0.263. The largest absolute Gasteiger partial charge is 0.444 e. The van der Waals surface area contributed by atoms with Crippen LogP contribution in [0.4, 0.5) is 4.79 Å². The summed E-state index contributed by atoms with van der Waals surface area (Å²) in [6.07, 6.45) is 9.79. The number of rotatable bonds is 10. The zero-order chi connectivity index (χ0) is 34.6. The lowest BCUT2D eigenvalue weighted by molar-refractivity contribution is -0.147. The Kier molecular flexibility index (Phi) is 15.5. The van der Waals surface area contributed by atoms with Gasteiger partial charge in [-0.3, -0.25) is 19.2 Å². The third-order valence-corrected chi connectivity index (χ3v) is 8.80. The van der Waals surface area contributed by atoms with Crippen LogP contribution in [-0.2, 0) is 23.9 Å². The van der Waals surface area contributed by atoms with Gasteiger partial charge in [0, 0.05) is 27.7 Å². The van der Waals surface area contributed by atoms with Crippen LogP contribution < -0.4 is 10.6 Å². The van der Waals surface area contributed by atoms with E-state index in [1.54, 1.807) is 46.8 Å². The first kappa shape index (κ1) is 39.1. The van der Waals surface area contributed by atoms with E-state index in [9.17, 15) is 24.0 Å². The van der Waals surface area contributed by atoms with Crippen LogP contribution in [0.5, 0.6) is 0 Å². The maximum atomic E-state index is 14.0. The number of hydrogen-bond donors (Lipinski definition) is 2. The van der Waals surface area contributed by atoms with Gasteiger partial charge < -0.3 is 30.1 Å². The molecule has 4 atom stereocenters. The molecule has 0 spiro atoms. The predicted octanol–water partition coefficient (Wildman–Crippen LogP) is 4.64. The summed E-state index contributed by atoms with van der Waals surface area (Å²) >= 11 is 0. The molecule has 1 aliphatic heterocycles. The van der Waals surface area contributed by atoms with Crippen molar-refractivity contribution in [3.8, 4) is 0 Å². The van der Waals surface area contributed by atoms with Gasteiger partial charge in [-0.15, -0.1) is 6.58 Å². The van der Waals surface area contributed by atoms with E-state index in [1.165, 1.54) is 9.80 Å². The van der Waals surface area contributed by atoms with E-state index >= 15 is 0 Å². The molecule has 11 heteroatoms. The number of hydrogen-bond acceptors (Lipinski definition) is 6. The molecule has 2 rings (SSSR count). The first-order valence-electron chi connectivity index (χ1n) is 17.3. The standard InChI is InChI=1S/C35H61N5O6/c1-10-11-15-19-28-32(43)38(7)22-17-14-12-13-16-18-27(30(41)36-26(23-24(2)3)31(42)40(28)9)39(8)33(44)29(25-20-21-25)37-34(45)46-35(4,5)6/h10,24-29H,1,11-23H2,2-9H3,(H,36,41)(H,37,45)/t26-,27-,28-,29-/m0/s1. The fourth-order valence-corrected chi connectivity index (χ4v) is 6.00. The summed E-state index contributed by atoms with van der Waals surface area (Å²) in [5.74, 6) is -1.12. The molecule has 0 aromatic heterocycles. The van der Waals surface area contributed by atoms with Crippen LogP contribution in [0, 0.1) is 11.8 Å². The van der Waals surface area contributed by atoms with Crippen molar-refractivity contribution >= 4 is 29.7 Å². The Balaban J connectivity index is 2.38. The number of allylic oxidation sites excluding steroid dienone is 1. The summed E-state index contributed by atoms with van der Waals surface area (Å²) in [6.45, 7) is 13.7. The second-order valence-electron chi connectivity index (χ2n) is 14.6. The molecule has 1 saturated heterocycles. The Labute approximate surface area is 277 Å². The summed E-state index contributed by atoms with van der Waals surface area (Å²) in [5.41, 5.74) is -0.716. The number of carbonyl (C=O) groups excluding carboxylic acids is 5. The molecular weight excluding hydrogens is 586 g/mol. The molecule has 1 aliphatic carbocycles. The summed E-state index contributed by atoms with van der Waals surface area (Å²) in [7, 11) is 5.04. The molecular formula is C35H61N5O6. The van der Waals surface area contributed by atoms with Crippen LogP contribution >= 0.6 is 0 Å². The normalized spacial score (nSPS) is 23.5. The van der Waals surface area contributed by atoms with E-state index < -0.39 is 41.8 Å². The van der Waals surface area contributed by atoms with Crippen molar-refractivity contribution in [3.05, 3.63) is 12.7 Å². The average molecular weight is 648 g/mol. The lowest BCUT2D eigenvalue weighted by atomic mass is 9.98. The van der Waals surface area contributed by atoms with Gasteiger partial charge in [-0.05, 0) is 84.0 Å². The van der Waals surface area contributed by atoms with E-state index in [2.05, 4.69) is 17.2 Å². The Morgan fingerprint density at radius 3 is 2.26 bits per heavy atom. The lowest BCUT2D eigenvalue weighted by Crippen LogP contribution is -2.59. The van der Waals surface area contributed by atoms with Gasteiger partial charge in [0.2, 0.25) is 23.6 Å². The van der Waals surface area contributed by atoms with E-state index in [0.29, 0.717) is 38.6 Å². The van der Waals surface area contributed by atoms with Gasteiger partial charge in [0.25, 0.3) is 0 Å². The highest BCUT2D eigenvalue weighted by Crippen LogP contribution is 2.34. The van der Waals surface area contributed by atoms with E-state index in [1.807, 2.05) is 19.9 Å². The zero-order valence-electron chi connectivity index (χ0n) is 29.7. The summed E-state index contributed by atoms with van der Waals surface area (Å²) in [4.78, 5) is 72.9. The molecule has 1 saturated carbocycles. The van der Waals surface area contributed by atoms with Crippen molar-refractivity contribution in [2.75, 3.05) is 27.7 Å². The second kappa shape index (κ2) is 18.3. The Hall–Kier alpha value is -3.11. The highest BCUT2D eigenvalue weighted by Gasteiger charge is 2.42. The van der Waals surface area contributed by atoms with Crippen LogP contribution in [0.2, 0.25) is 0 Å². The number of unbranched alkanes of at least 4 members (excludes halogenated alkanes) is 1. The summed E-state index contributed by atoms with van der Waals surface area (Å²) < 4.78 is 5.43. The second-order valence-corrected chi connectivity index (χ2v) is 14.6. The molecule has 0 radical (unpaired) electrons. The van der Waals surface area contributed by atoms with Crippen LogP contribution in [-0.4, -0.2) is 102 Å². The molecule has 11 nitrogen and oxygen atoms in total. The lowest BCUT2D eigenvalue weighted by Gasteiger charge is -2.35. The number of likely N-dealkylation sites (N-methyl/N-ethyl adjacent to an activating group) is 3. The molecule has 262 valence electrons. The van der Waals surface area contributed by atoms with Crippen LogP contribution in [0.25, 0.3) is 0 Å². The summed E-state index contributed by atoms with van der Waals surface area (Å²) in [5, 5.41) is 5.75. The van der Waals surface area contributed by atoms with Gasteiger partial charge in [-0.2, -0.15) is 0 Å². The third-order valence-electron chi connectivity index (χ3n) is 8.80. The number of amides is 5. The van der Waals surface area contributed by atoms with E-state index in [-0.39, 0.29) is 29.6 Å². The van der Waals surface area contributed by atoms with Crippen molar-refractivity contribution in [1.29, 1.82) is 0 Å². The molecule has 5 amide bonds. The molecule has 2 aliphatic rings. The maximum absolute atomic E-state index is 14.0. The monoisotopic (exact) mass is 647 g/mol. The number of nitrogens with zero attached hydrogens (tertiary/aromatic N) is 3. The Morgan fingerprint density at radius 2 is 1.67 bits per heavy atom. The first-order chi connectivity index (χ1) is 21.6. The van der Waals surface area contributed by atoms with Gasteiger partial charge in [0.05, 0.1) is 0 Å². The van der Waals surface area contributed by atoms with Crippen LogP contribution in [0.3, 0.4) is 0 Å². The minimum absolute atomic E-state index is 0.0191. The molecule has 0 bridgehead atoms. The molecule has 0 aromatic rings. The zero-order valence-corrected chi connectivity index (χ0v) is 29.7. The fourth-order valence-electron chi connectivity index (χ4n) is 6.00. The summed E-state index contributed by atoms with van der Waals surface area (Å²) in [6, 6.07) is -3.15. The van der Waals surface area contributed by atoms with Gasteiger partial charge in [0.15, 0.2) is 0 Å². The number of alkyl carbamates (subject to hydrolysis) is 1. The fraction of sp³-hybridized carbons (Fsp3) is 0.800. The van der Waals surface area contributed by atoms with Gasteiger partial charge in [-0.1, -0.05) is 45.6 Å². The molecule has 2 N–H and O–H groups in total. The van der Waals surface area contributed by atoms with Crippen LogP contribution in [0.1, 0.15) is 112 Å². The number of carbonyl (C=O) groups is 5. The first-order valence-corrected chi connectivity index (χ1v) is 17.3. The topological polar surface area (TPSA) is 128 Å². The molecule has 0 aromatic carbocycles. The Bertz CT molecular complexity index is 1050. The molecule has 0 unspecified atom stereocenters. The smallest absolute Gasteiger partial charge is 0.408 e. The van der Waals surface area contributed by atoms with Crippen LogP contribution in [0.15, 0.2) is 12.7 Å². The van der Waals surface area contributed by atoms with E-state index in [4.69, 9.17) is 4.74 Å². The van der Waals surface area contributed by atoms with Gasteiger partial charge in [0.1, 0.15) is 29.8 Å². The SMILES string of the molecule is C=CCCC[C@H]1C(=O)N(C)CCCCCCC[C@H](N(C)C(=O)[C@@H](NC(=O)OC(C)(C)C)C2CC2)C(=O)N[C@@H](CC(C)C)C(=O)N1C. The molecule has 46 heavy (non-hydrogen) atoms. The van der Waals surface area contributed by atoms with E-state index in [0.717, 1.165) is 44.9 Å². The highest BCUT2D eigenvalue weighted by molar-refractivity contribution is 5.95. The number of nitrogens with one attached hydrogen (secondary N) is 2. The number of ether oxygens (including phenoxy) is 1. The van der Waals surface area contributed by atoms with Crippen molar-refractivity contribution < 1.29 is 28.7 Å². The molecule has 1 heterocycles. The van der Waals surface area contributed by atoms with Gasteiger partial charge >= 0.3 is 6.09 Å².